The lowest BCUT2D eigenvalue weighted by Gasteiger charge is -2.24. The van der Waals surface area contributed by atoms with Crippen LogP contribution < -0.4 is 10.6 Å². The van der Waals surface area contributed by atoms with E-state index in [0.29, 0.717) is 53.8 Å². The minimum absolute atomic E-state index is 0.000436. The molecule has 2 aliphatic heterocycles. The molecule has 2 fully saturated rings. The van der Waals surface area contributed by atoms with E-state index in [-0.39, 0.29) is 42.5 Å². The third-order valence-electron chi connectivity index (χ3n) is 8.40. The number of amides is 4. The molecule has 0 radical (unpaired) electrons. The predicted octanol–water partition coefficient (Wildman–Crippen LogP) is 4.31. The molecule has 4 heterocycles. The molecular formula is C34H35N7O5. The zero-order valence-electron chi connectivity index (χ0n) is 25.5. The number of rotatable bonds is 9. The van der Waals surface area contributed by atoms with Crippen molar-refractivity contribution in [2.45, 2.75) is 57.5 Å². The number of carbonyl (C=O) groups is 4. The summed E-state index contributed by atoms with van der Waals surface area (Å²) in [5, 5.41) is 14.2. The van der Waals surface area contributed by atoms with Gasteiger partial charge in [0.2, 0.25) is 35.4 Å². The van der Waals surface area contributed by atoms with Crippen LogP contribution in [0.15, 0.2) is 77.5 Å². The van der Waals surface area contributed by atoms with Crippen molar-refractivity contribution >= 4 is 35.0 Å². The third kappa shape index (κ3) is 7.12. The first kappa shape index (κ1) is 30.6. The van der Waals surface area contributed by atoms with Gasteiger partial charge in [-0.2, -0.15) is 0 Å². The molecule has 4 amide bonds. The Balaban J connectivity index is 1.02. The summed E-state index contributed by atoms with van der Waals surface area (Å²) in [6, 6.07) is 17.3. The molecule has 6 rings (SSSR count). The van der Waals surface area contributed by atoms with Crippen molar-refractivity contribution in [3.8, 4) is 22.9 Å². The zero-order valence-corrected chi connectivity index (χ0v) is 25.5. The van der Waals surface area contributed by atoms with Crippen LogP contribution in [0.4, 0.5) is 11.4 Å². The van der Waals surface area contributed by atoms with Gasteiger partial charge in [-0.15, -0.1) is 10.2 Å². The van der Waals surface area contributed by atoms with Crippen molar-refractivity contribution in [2.75, 3.05) is 23.7 Å². The van der Waals surface area contributed by atoms with E-state index in [1.807, 2.05) is 6.07 Å². The zero-order chi connectivity index (χ0) is 32.0. The van der Waals surface area contributed by atoms with Crippen LogP contribution in [0, 0.1) is 0 Å². The van der Waals surface area contributed by atoms with E-state index in [1.54, 1.807) is 76.8 Å². The number of carbonyl (C=O) groups excluding carboxylic acids is 4. The van der Waals surface area contributed by atoms with Crippen LogP contribution in [0.1, 0.15) is 44.6 Å². The fourth-order valence-corrected chi connectivity index (χ4v) is 6.08. The highest BCUT2D eigenvalue weighted by molar-refractivity contribution is 5.98. The summed E-state index contributed by atoms with van der Waals surface area (Å²) in [5.74, 6) is 0.195. The van der Waals surface area contributed by atoms with Gasteiger partial charge in [0.25, 0.3) is 0 Å². The molecule has 12 nitrogen and oxygen atoms in total. The molecule has 0 unspecified atom stereocenters. The molecule has 2 saturated heterocycles. The monoisotopic (exact) mass is 621 g/mol. The normalized spacial score (nSPS) is 17.6. The maximum Gasteiger partial charge on any atom is 0.248 e. The van der Waals surface area contributed by atoms with Crippen LogP contribution >= 0.6 is 0 Å². The number of pyridine rings is 1. The van der Waals surface area contributed by atoms with Crippen molar-refractivity contribution in [3.63, 3.8) is 0 Å². The number of anilines is 2. The van der Waals surface area contributed by atoms with Gasteiger partial charge in [0, 0.05) is 67.4 Å². The summed E-state index contributed by atoms with van der Waals surface area (Å²) in [6.45, 7) is 2.79. The molecule has 0 saturated carbocycles. The highest BCUT2D eigenvalue weighted by atomic mass is 16.4. The van der Waals surface area contributed by atoms with Crippen LogP contribution in [0.3, 0.4) is 0 Å². The fourth-order valence-electron chi connectivity index (χ4n) is 6.08. The third-order valence-corrected chi connectivity index (χ3v) is 8.40. The summed E-state index contributed by atoms with van der Waals surface area (Å²) < 4.78 is 5.91. The van der Waals surface area contributed by atoms with E-state index < -0.39 is 6.04 Å². The molecule has 236 valence electrons. The Bertz CT molecular complexity index is 1710. The number of nitrogens with zero attached hydrogens (tertiary/aromatic N) is 5. The standard InChI is InChI=1S/C34H35N7O5/c1-22(42)40-17-3-6-28(40)20-30(43)36-26-12-8-24(9-13-26)33-38-39-34(46-33)25-10-14-27(15-11-25)37-32(45)29-7-4-18-41(29)31(44)19-23-5-2-16-35-21-23/h2,5,8-16,21,28-29H,3-4,6-7,17-20H2,1H3,(H,36,43)(H,37,45)/t28-,29-/m0/s1. The van der Waals surface area contributed by atoms with Crippen LogP contribution in [0.25, 0.3) is 22.9 Å². The Labute approximate surface area is 266 Å². The Morgan fingerprint density at radius 2 is 1.46 bits per heavy atom. The molecule has 2 atom stereocenters. The molecule has 2 aromatic heterocycles. The largest absolute Gasteiger partial charge is 0.416 e. The highest BCUT2D eigenvalue weighted by Crippen LogP contribution is 2.27. The van der Waals surface area contributed by atoms with E-state index >= 15 is 0 Å². The Kier molecular flexibility index (Phi) is 9.13. The lowest BCUT2D eigenvalue weighted by atomic mass is 10.1. The lowest BCUT2D eigenvalue weighted by molar-refractivity contribution is -0.136. The van der Waals surface area contributed by atoms with Crippen molar-refractivity contribution in [2.24, 2.45) is 0 Å². The van der Waals surface area contributed by atoms with Gasteiger partial charge in [-0.3, -0.25) is 24.2 Å². The maximum atomic E-state index is 13.1. The fraction of sp³-hybridized carbons (Fsp3) is 0.324. The van der Waals surface area contributed by atoms with E-state index in [2.05, 4.69) is 25.8 Å². The van der Waals surface area contributed by atoms with Crippen LogP contribution in [0.5, 0.6) is 0 Å². The summed E-state index contributed by atoms with van der Waals surface area (Å²) >= 11 is 0. The van der Waals surface area contributed by atoms with E-state index in [4.69, 9.17) is 4.42 Å². The van der Waals surface area contributed by atoms with Crippen molar-refractivity contribution in [3.05, 3.63) is 78.6 Å². The molecule has 2 N–H and O–H groups in total. The first-order chi connectivity index (χ1) is 22.3. The average molecular weight is 622 g/mol. The minimum atomic E-state index is -0.522. The predicted molar refractivity (Wildman–Crippen MR) is 170 cm³/mol. The second-order valence-corrected chi connectivity index (χ2v) is 11.6. The number of benzene rings is 2. The average Bonchev–Trinajstić information content (AvgIpc) is 3.84. The summed E-state index contributed by atoms with van der Waals surface area (Å²) in [5.41, 5.74) is 3.43. The number of aromatic nitrogens is 3. The Morgan fingerprint density at radius 1 is 0.826 bits per heavy atom. The molecule has 12 heteroatoms. The van der Waals surface area contributed by atoms with E-state index in [1.165, 1.54) is 6.92 Å². The van der Waals surface area contributed by atoms with Gasteiger partial charge in [0.1, 0.15) is 6.04 Å². The van der Waals surface area contributed by atoms with Gasteiger partial charge in [0.15, 0.2) is 0 Å². The number of hydrogen-bond acceptors (Lipinski definition) is 8. The second kappa shape index (κ2) is 13.7. The molecule has 2 aliphatic rings. The van der Waals surface area contributed by atoms with Gasteiger partial charge in [0.05, 0.1) is 6.42 Å². The smallest absolute Gasteiger partial charge is 0.248 e. The Hall–Kier alpha value is -5.39. The Morgan fingerprint density at radius 3 is 2.09 bits per heavy atom. The SMILES string of the molecule is CC(=O)N1CCC[C@H]1CC(=O)Nc1ccc(-c2nnc(-c3ccc(NC(=O)[C@@H]4CCCN4C(=O)Cc4cccnc4)cc3)o2)cc1. The topological polar surface area (TPSA) is 151 Å². The highest BCUT2D eigenvalue weighted by Gasteiger charge is 2.34. The van der Waals surface area contributed by atoms with Crippen LogP contribution in [-0.2, 0) is 25.6 Å². The lowest BCUT2D eigenvalue weighted by Crippen LogP contribution is -2.43. The molecule has 2 aromatic carbocycles. The minimum Gasteiger partial charge on any atom is -0.416 e. The number of hydrogen-bond donors (Lipinski definition) is 2. The maximum absolute atomic E-state index is 13.1. The van der Waals surface area contributed by atoms with Crippen molar-refractivity contribution < 1.29 is 23.6 Å². The first-order valence-corrected chi connectivity index (χ1v) is 15.4. The van der Waals surface area contributed by atoms with Gasteiger partial charge in [-0.05, 0) is 85.8 Å². The summed E-state index contributed by atoms with van der Waals surface area (Å²) in [7, 11) is 0. The van der Waals surface area contributed by atoms with Gasteiger partial charge in [-0.25, -0.2) is 0 Å². The van der Waals surface area contributed by atoms with Crippen LogP contribution in [0.2, 0.25) is 0 Å². The summed E-state index contributed by atoms with van der Waals surface area (Å²) in [4.78, 5) is 57.8. The van der Waals surface area contributed by atoms with E-state index in [9.17, 15) is 19.2 Å². The molecule has 46 heavy (non-hydrogen) atoms. The van der Waals surface area contributed by atoms with Gasteiger partial charge >= 0.3 is 0 Å². The van der Waals surface area contributed by atoms with Gasteiger partial charge in [-0.1, -0.05) is 6.07 Å². The molecule has 0 bridgehead atoms. The number of nitrogens with one attached hydrogen (secondary N) is 2. The molecule has 0 spiro atoms. The van der Waals surface area contributed by atoms with Crippen LogP contribution in [-0.4, -0.2) is 73.8 Å². The quantitative estimate of drug-likeness (QED) is 0.281. The summed E-state index contributed by atoms with van der Waals surface area (Å²) in [6.07, 6.45) is 6.93. The molecular weight excluding hydrogens is 586 g/mol. The van der Waals surface area contributed by atoms with E-state index in [0.717, 1.165) is 24.8 Å². The molecule has 0 aliphatic carbocycles. The second-order valence-electron chi connectivity index (χ2n) is 11.6. The number of likely N-dealkylation sites (tertiary alicyclic amines) is 2. The van der Waals surface area contributed by atoms with Gasteiger partial charge < -0.3 is 24.9 Å². The van der Waals surface area contributed by atoms with Crippen molar-refractivity contribution in [1.82, 2.24) is 25.0 Å². The first-order valence-electron chi connectivity index (χ1n) is 15.4. The molecule has 4 aromatic rings. The van der Waals surface area contributed by atoms with Crippen molar-refractivity contribution in [1.29, 1.82) is 0 Å².